The van der Waals surface area contributed by atoms with Gasteiger partial charge in [-0.2, -0.15) is 0 Å². The summed E-state index contributed by atoms with van der Waals surface area (Å²) in [6.07, 6.45) is 1.09. The highest BCUT2D eigenvalue weighted by Crippen LogP contribution is 2.30. The van der Waals surface area contributed by atoms with Gasteiger partial charge >= 0.3 is 0 Å². The second kappa shape index (κ2) is 12.3. The molecule has 0 bridgehead atoms. The number of ether oxygens (including phenoxy) is 2. The van der Waals surface area contributed by atoms with Gasteiger partial charge in [0, 0.05) is 12.8 Å². The molecule has 0 aliphatic heterocycles. The second-order valence-corrected chi connectivity index (χ2v) is 8.71. The fourth-order valence-corrected chi connectivity index (χ4v) is 2.77. The molecule has 1 aromatic carbocycles. The summed E-state index contributed by atoms with van der Waals surface area (Å²) < 4.78 is 11.3. The summed E-state index contributed by atoms with van der Waals surface area (Å²) >= 11 is 0. The largest absolute Gasteiger partial charge is 0.493 e. The number of carbonyl (C=O) groups excluding carboxylic acids is 2. The highest BCUT2D eigenvalue weighted by Gasteiger charge is 2.20. The van der Waals surface area contributed by atoms with Gasteiger partial charge in [0.05, 0.1) is 13.7 Å². The Morgan fingerprint density at radius 3 is 1.86 bits per heavy atom. The van der Waals surface area contributed by atoms with Crippen LogP contribution in [0.2, 0.25) is 0 Å². The molecule has 0 radical (unpaired) electrons. The van der Waals surface area contributed by atoms with E-state index in [1.165, 1.54) is 0 Å². The van der Waals surface area contributed by atoms with Crippen molar-refractivity contribution in [3.8, 4) is 11.5 Å². The lowest BCUT2D eigenvalue weighted by Crippen LogP contribution is -2.41. The molecule has 0 aliphatic rings. The van der Waals surface area contributed by atoms with Gasteiger partial charge in [0.25, 0.3) is 0 Å². The Hall–Kier alpha value is -2.24. The van der Waals surface area contributed by atoms with Gasteiger partial charge in [-0.25, -0.2) is 0 Å². The summed E-state index contributed by atoms with van der Waals surface area (Å²) in [5.74, 6) is 2.01. The van der Waals surface area contributed by atoms with Crippen molar-refractivity contribution in [3.63, 3.8) is 0 Å². The van der Waals surface area contributed by atoms with Gasteiger partial charge in [-0.1, -0.05) is 47.6 Å². The summed E-state index contributed by atoms with van der Waals surface area (Å²) in [5, 5.41) is 5.88. The first-order chi connectivity index (χ1) is 13.6. The zero-order valence-electron chi connectivity index (χ0n) is 19.0. The van der Waals surface area contributed by atoms with Gasteiger partial charge in [0.15, 0.2) is 11.5 Å². The Balaban J connectivity index is 3.07. The van der Waals surface area contributed by atoms with E-state index in [1.54, 1.807) is 13.2 Å². The van der Waals surface area contributed by atoms with Gasteiger partial charge in [0.2, 0.25) is 11.8 Å². The van der Waals surface area contributed by atoms with E-state index >= 15 is 0 Å². The molecule has 2 amide bonds. The molecule has 6 heteroatoms. The highest BCUT2D eigenvalue weighted by atomic mass is 16.5. The number of carbonyl (C=O) groups is 2. The molecule has 1 rings (SSSR count). The molecule has 6 nitrogen and oxygen atoms in total. The topological polar surface area (TPSA) is 76.7 Å². The van der Waals surface area contributed by atoms with Crippen LogP contribution in [-0.2, 0) is 9.59 Å². The van der Waals surface area contributed by atoms with Crippen LogP contribution in [0.3, 0.4) is 0 Å². The molecule has 0 spiro atoms. The summed E-state index contributed by atoms with van der Waals surface area (Å²) in [6, 6.07) is 5.47. The Kier molecular flexibility index (Phi) is 10.6. The predicted octanol–water partition coefficient (Wildman–Crippen LogP) is 4.44. The standard InChI is InChI=1S/C23H38N2O4/c1-15(2)10-11-29-20-14-18(8-9-19(20)28-7)23(24-21(26)12-16(3)4)25-22(27)13-17(5)6/h8-9,14-17,23H,10-13H2,1-7H3,(H,24,26)(H,25,27). The molecule has 29 heavy (non-hydrogen) atoms. The van der Waals surface area contributed by atoms with Crippen LogP contribution in [0.4, 0.5) is 0 Å². The van der Waals surface area contributed by atoms with E-state index in [0.717, 1.165) is 12.0 Å². The Morgan fingerprint density at radius 1 is 0.862 bits per heavy atom. The molecule has 0 aromatic heterocycles. The quantitative estimate of drug-likeness (QED) is 0.503. The van der Waals surface area contributed by atoms with Crippen LogP contribution in [0.1, 0.15) is 72.5 Å². The minimum atomic E-state index is -0.620. The Labute approximate surface area is 175 Å². The Morgan fingerprint density at radius 2 is 1.41 bits per heavy atom. The molecular formula is C23H38N2O4. The van der Waals surface area contributed by atoms with E-state index in [4.69, 9.17) is 9.47 Å². The van der Waals surface area contributed by atoms with Gasteiger partial charge in [-0.15, -0.1) is 0 Å². The molecule has 0 saturated heterocycles. The molecule has 0 heterocycles. The van der Waals surface area contributed by atoms with E-state index in [0.29, 0.717) is 36.9 Å². The van der Waals surface area contributed by atoms with Crippen molar-refractivity contribution < 1.29 is 19.1 Å². The first-order valence-corrected chi connectivity index (χ1v) is 10.5. The lowest BCUT2D eigenvalue weighted by Gasteiger charge is -2.23. The summed E-state index contributed by atoms with van der Waals surface area (Å²) in [5.41, 5.74) is 0.750. The minimum Gasteiger partial charge on any atom is -0.493 e. The molecule has 164 valence electrons. The molecule has 0 atom stereocenters. The van der Waals surface area contributed by atoms with Crippen molar-refractivity contribution in [2.45, 2.75) is 67.0 Å². The Bertz CT molecular complexity index is 632. The van der Waals surface area contributed by atoms with Crippen molar-refractivity contribution in [2.75, 3.05) is 13.7 Å². The van der Waals surface area contributed by atoms with Crippen molar-refractivity contribution in [1.29, 1.82) is 0 Å². The zero-order valence-corrected chi connectivity index (χ0v) is 19.0. The van der Waals surface area contributed by atoms with Crippen molar-refractivity contribution in [2.24, 2.45) is 17.8 Å². The predicted molar refractivity (Wildman–Crippen MR) is 116 cm³/mol. The van der Waals surface area contributed by atoms with Crippen molar-refractivity contribution in [3.05, 3.63) is 23.8 Å². The van der Waals surface area contributed by atoms with E-state index in [2.05, 4.69) is 24.5 Å². The number of hydrogen-bond donors (Lipinski definition) is 2. The van der Waals surface area contributed by atoms with E-state index in [9.17, 15) is 9.59 Å². The van der Waals surface area contributed by atoms with Gasteiger partial charge in [-0.3, -0.25) is 9.59 Å². The summed E-state index contributed by atoms with van der Waals surface area (Å²) in [6.45, 7) is 12.8. The average Bonchev–Trinajstić information content (AvgIpc) is 2.59. The highest BCUT2D eigenvalue weighted by molar-refractivity contribution is 5.79. The SMILES string of the molecule is COc1ccc(C(NC(=O)CC(C)C)NC(=O)CC(C)C)cc1OCCC(C)C. The number of benzene rings is 1. The molecule has 2 N–H and O–H groups in total. The third-order valence-corrected chi connectivity index (χ3v) is 4.27. The van der Waals surface area contributed by atoms with E-state index in [1.807, 2.05) is 39.8 Å². The first kappa shape index (κ1) is 24.8. The minimum absolute atomic E-state index is 0.104. The third-order valence-electron chi connectivity index (χ3n) is 4.27. The first-order valence-electron chi connectivity index (χ1n) is 10.5. The molecule has 0 fully saturated rings. The normalized spacial score (nSPS) is 11.3. The molecule has 0 aliphatic carbocycles. The summed E-state index contributed by atoms with van der Waals surface area (Å²) in [4.78, 5) is 24.8. The van der Waals surface area contributed by atoms with Gasteiger partial charge in [0.1, 0.15) is 6.17 Å². The summed E-state index contributed by atoms with van der Waals surface area (Å²) in [7, 11) is 1.59. The fraction of sp³-hybridized carbons (Fsp3) is 0.652. The maximum Gasteiger partial charge on any atom is 0.222 e. The number of hydrogen-bond acceptors (Lipinski definition) is 4. The van der Waals surface area contributed by atoms with Crippen LogP contribution in [0.15, 0.2) is 18.2 Å². The lowest BCUT2D eigenvalue weighted by atomic mass is 10.1. The van der Waals surface area contributed by atoms with Crippen LogP contribution in [0.25, 0.3) is 0 Å². The molecule has 0 unspecified atom stereocenters. The molecule has 1 aromatic rings. The second-order valence-electron chi connectivity index (χ2n) is 8.71. The van der Waals surface area contributed by atoms with E-state index < -0.39 is 6.17 Å². The van der Waals surface area contributed by atoms with Gasteiger partial charge in [-0.05, 0) is 41.9 Å². The van der Waals surface area contributed by atoms with E-state index in [-0.39, 0.29) is 23.7 Å². The maximum atomic E-state index is 12.4. The van der Waals surface area contributed by atoms with Crippen LogP contribution in [0, 0.1) is 17.8 Å². The van der Waals surface area contributed by atoms with Crippen LogP contribution >= 0.6 is 0 Å². The van der Waals surface area contributed by atoms with Gasteiger partial charge < -0.3 is 20.1 Å². The van der Waals surface area contributed by atoms with Crippen molar-refractivity contribution in [1.82, 2.24) is 10.6 Å². The molecule has 0 saturated carbocycles. The van der Waals surface area contributed by atoms with Crippen LogP contribution in [0.5, 0.6) is 11.5 Å². The lowest BCUT2D eigenvalue weighted by molar-refractivity contribution is -0.125. The number of amides is 2. The molecular weight excluding hydrogens is 368 g/mol. The average molecular weight is 407 g/mol. The maximum absolute atomic E-state index is 12.4. The number of nitrogens with one attached hydrogen (secondary N) is 2. The van der Waals surface area contributed by atoms with Crippen LogP contribution in [-0.4, -0.2) is 25.5 Å². The zero-order chi connectivity index (χ0) is 22.0. The fourth-order valence-electron chi connectivity index (χ4n) is 2.77. The van der Waals surface area contributed by atoms with Crippen LogP contribution < -0.4 is 20.1 Å². The smallest absolute Gasteiger partial charge is 0.222 e. The third kappa shape index (κ3) is 9.68. The number of rotatable bonds is 12. The number of methoxy groups -OCH3 is 1. The van der Waals surface area contributed by atoms with Crippen molar-refractivity contribution >= 4 is 11.8 Å². The monoisotopic (exact) mass is 406 g/mol.